The molecular formula is C14H20ClN3O. The second kappa shape index (κ2) is 5.80. The molecule has 0 bridgehead atoms. The number of carbonyl (C=O) groups excluding carboxylic acids is 1. The number of carbonyl (C=O) groups is 1. The third kappa shape index (κ3) is 3.19. The molecule has 1 aliphatic rings. The summed E-state index contributed by atoms with van der Waals surface area (Å²) in [6.45, 7) is 2.01. The van der Waals surface area contributed by atoms with Gasteiger partial charge in [-0.05, 0) is 44.6 Å². The molecule has 1 atom stereocenters. The Balaban J connectivity index is 2.14. The molecular weight excluding hydrogens is 262 g/mol. The summed E-state index contributed by atoms with van der Waals surface area (Å²) in [5, 5.41) is 0.550. The van der Waals surface area contributed by atoms with Gasteiger partial charge in [0.2, 0.25) is 0 Å². The first kappa shape index (κ1) is 14.2. The zero-order chi connectivity index (χ0) is 14.0. The van der Waals surface area contributed by atoms with Gasteiger partial charge in [0.1, 0.15) is 0 Å². The zero-order valence-electron chi connectivity index (χ0n) is 11.4. The number of anilines is 1. The number of rotatable bonds is 2. The number of hydrogen-bond donors (Lipinski definition) is 1. The summed E-state index contributed by atoms with van der Waals surface area (Å²) in [5.41, 5.74) is 6.84. The first-order valence-corrected chi connectivity index (χ1v) is 6.87. The molecule has 0 saturated carbocycles. The predicted molar refractivity (Wildman–Crippen MR) is 78.5 cm³/mol. The molecule has 1 unspecified atom stereocenters. The molecule has 1 fully saturated rings. The van der Waals surface area contributed by atoms with E-state index in [1.807, 2.05) is 7.05 Å². The maximum atomic E-state index is 12.5. The summed E-state index contributed by atoms with van der Waals surface area (Å²) in [7, 11) is 3.93. The van der Waals surface area contributed by atoms with Gasteiger partial charge in [-0.25, -0.2) is 0 Å². The van der Waals surface area contributed by atoms with Crippen LogP contribution in [0.25, 0.3) is 0 Å². The summed E-state index contributed by atoms with van der Waals surface area (Å²) in [6, 6.07) is 5.27. The van der Waals surface area contributed by atoms with Crippen LogP contribution in [0.1, 0.15) is 23.2 Å². The van der Waals surface area contributed by atoms with E-state index in [-0.39, 0.29) is 11.9 Å². The highest BCUT2D eigenvalue weighted by atomic mass is 35.5. The third-order valence-corrected chi connectivity index (χ3v) is 3.95. The first-order valence-electron chi connectivity index (χ1n) is 6.50. The van der Waals surface area contributed by atoms with Crippen molar-refractivity contribution in [2.24, 2.45) is 0 Å². The Bertz CT molecular complexity index is 478. The van der Waals surface area contributed by atoms with Gasteiger partial charge in [0.05, 0.1) is 5.56 Å². The number of likely N-dealkylation sites (N-methyl/N-ethyl adjacent to an activating group) is 2. The third-order valence-electron chi connectivity index (χ3n) is 3.71. The molecule has 0 spiro atoms. The molecule has 4 nitrogen and oxygen atoms in total. The number of nitrogens with two attached hydrogens (primary N) is 1. The lowest BCUT2D eigenvalue weighted by atomic mass is 10.0. The van der Waals surface area contributed by atoms with Crippen LogP contribution in [0.5, 0.6) is 0 Å². The molecule has 1 aromatic rings. The number of nitrogen functional groups attached to an aromatic ring is 1. The summed E-state index contributed by atoms with van der Waals surface area (Å²) < 4.78 is 0. The number of hydrogen-bond acceptors (Lipinski definition) is 3. The lowest BCUT2D eigenvalue weighted by Gasteiger charge is -2.36. The van der Waals surface area contributed by atoms with E-state index >= 15 is 0 Å². The lowest BCUT2D eigenvalue weighted by Crippen LogP contribution is -2.47. The van der Waals surface area contributed by atoms with Gasteiger partial charge in [0.25, 0.3) is 5.91 Å². The minimum absolute atomic E-state index is 0.0329. The molecule has 19 heavy (non-hydrogen) atoms. The molecule has 0 radical (unpaired) electrons. The fourth-order valence-electron chi connectivity index (χ4n) is 2.54. The Morgan fingerprint density at radius 1 is 1.53 bits per heavy atom. The van der Waals surface area contributed by atoms with Crippen molar-refractivity contribution in [3.05, 3.63) is 28.8 Å². The van der Waals surface area contributed by atoms with Crippen molar-refractivity contribution in [2.45, 2.75) is 18.9 Å². The second-order valence-electron chi connectivity index (χ2n) is 5.21. The average molecular weight is 282 g/mol. The SMILES string of the molecule is CN1CCCC(N(C)C(=O)c2ccc(Cl)cc2N)C1. The molecule has 104 valence electrons. The van der Waals surface area contributed by atoms with Crippen LogP contribution in [0.15, 0.2) is 18.2 Å². The highest BCUT2D eigenvalue weighted by molar-refractivity contribution is 6.31. The molecule has 1 amide bonds. The van der Waals surface area contributed by atoms with E-state index < -0.39 is 0 Å². The number of piperidine rings is 1. The van der Waals surface area contributed by atoms with E-state index in [0.717, 1.165) is 25.9 Å². The summed E-state index contributed by atoms with van der Waals surface area (Å²) in [4.78, 5) is 16.5. The Kier molecular flexibility index (Phi) is 4.32. The smallest absolute Gasteiger partial charge is 0.255 e. The zero-order valence-corrected chi connectivity index (χ0v) is 12.2. The van der Waals surface area contributed by atoms with Gasteiger partial charge in [-0.3, -0.25) is 4.79 Å². The van der Waals surface area contributed by atoms with Crippen molar-refractivity contribution in [1.29, 1.82) is 0 Å². The van der Waals surface area contributed by atoms with Gasteiger partial charge >= 0.3 is 0 Å². The van der Waals surface area contributed by atoms with Gasteiger partial charge < -0.3 is 15.5 Å². The predicted octanol–water partition coefficient (Wildman–Crippen LogP) is 2.09. The van der Waals surface area contributed by atoms with Gasteiger partial charge in [-0.2, -0.15) is 0 Å². The van der Waals surface area contributed by atoms with Gasteiger partial charge in [0.15, 0.2) is 0 Å². The van der Waals surface area contributed by atoms with Crippen LogP contribution in [0.2, 0.25) is 5.02 Å². The average Bonchev–Trinajstić information content (AvgIpc) is 2.37. The Morgan fingerprint density at radius 3 is 2.89 bits per heavy atom. The maximum absolute atomic E-state index is 12.5. The Hall–Kier alpha value is -1.26. The first-order chi connectivity index (χ1) is 8.99. The van der Waals surface area contributed by atoms with E-state index in [1.165, 1.54) is 0 Å². The fraction of sp³-hybridized carbons (Fsp3) is 0.500. The minimum Gasteiger partial charge on any atom is -0.398 e. The van der Waals surface area contributed by atoms with Crippen molar-refractivity contribution in [1.82, 2.24) is 9.80 Å². The minimum atomic E-state index is -0.0329. The number of amides is 1. The molecule has 0 aliphatic carbocycles. The highest BCUT2D eigenvalue weighted by Crippen LogP contribution is 2.22. The van der Waals surface area contributed by atoms with Crippen LogP contribution < -0.4 is 5.73 Å². The Morgan fingerprint density at radius 2 is 2.26 bits per heavy atom. The van der Waals surface area contributed by atoms with Gasteiger partial charge in [-0.1, -0.05) is 11.6 Å². The monoisotopic (exact) mass is 281 g/mol. The van der Waals surface area contributed by atoms with E-state index in [4.69, 9.17) is 17.3 Å². The van der Waals surface area contributed by atoms with E-state index in [2.05, 4.69) is 11.9 Å². The van der Waals surface area contributed by atoms with Crippen molar-refractivity contribution in [3.63, 3.8) is 0 Å². The fourth-order valence-corrected chi connectivity index (χ4v) is 2.72. The second-order valence-corrected chi connectivity index (χ2v) is 5.64. The van der Waals surface area contributed by atoms with Crippen LogP contribution in [-0.2, 0) is 0 Å². The molecule has 1 aliphatic heterocycles. The topological polar surface area (TPSA) is 49.6 Å². The van der Waals surface area contributed by atoms with Gasteiger partial charge in [0, 0.05) is 30.3 Å². The molecule has 1 heterocycles. The van der Waals surface area contributed by atoms with Crippen LogP contribution in [0, 0.1) is 0 Å². The normalized spacial score (nSPS) is 20.3. The molecule has 1 aromatic carbocycles. The molecule has 1 saturated heterocycles. The highest BCUT2D eigenvalue weighted by Gasteiger charge is 2.26. The standard InChI is InChI=1S/C14H20ClN3O/c1-17-7-3-4-11(9-17)18(2)14(19)12-6-5-10(15)8-13(12)16/h5-6,8,11H,3-4,7,9,16H2,1-2H3. The van der Waals surface area contributed by atoms with Gasteiger partial charge in [-0.15, -0.1) is 0 Å². The van der Waals surface area contributed by atoms with Crippen LogP contribution in [-0.4, -0.2) is 48.9 Å². The van der Waals surface area contributed by atoms with E-state index in [1.54, 1.807) is 23.1 Å². The maximum Gasteiger partial charge on any atom is 0.255 e. The molecule has 2 rings (SSSR count). The Labute approximate surface area is 119 Å². The largest absolute Gasteiger partial charge is 0.398 e. The van der Waals surface area contributed by atoms with Crippen molar-refractivity contribution in [3.8, 4) is 0 Å². The van der Waals surface area contributed by atoms with Crippen molar-refractivity contribution < 1.29 is 4.79 Å². The lowest BCUT2D eigenvalue weighted by molar-refractivity contribution is 0.0645. The molecule has 0 aromatic heterocycles. The van der Waals surface area contributed by atoms with Crippen molar-refractivity contribution >= 4 is 23.2 Å². The van der Waals surface area contributed by atoms with Crippen molar-refractivity contribution in [2.75, 3.05) is 32.9 Å². The molecule has 2 N–H and O–H groups in total. The number of benzene rings is 1. The quantitative estimate of drug-likeness (QED) is 0.845. The summed E-state index contributed by atoms with van der Waals surface area (Å²) in [6.07, 6.45) is 2.16. The van der Waals surface area contributed by atoms with Crippen LogP contribution in [0.4, 0.5) is 5.69 Å². The van der Waals surface area contributed by atoms with Crippen LogP contribution >= 0.6 is 11.6 Å². The van der Waals surface area contributed by atoms with E-state index in [0.29, 0.717) is 16.3 Å². The number of nitrogens with zero attached hydrogens (tertiary/aromatic N) is 2. The van der Waals surface area contributed by atoms with E-state index in [9.17, 15) is 4.79 Å². The summed E-state index contributed by atoms with van der Waals surface area (Å²) in [5.74, 6) is -0.0329. The summed E-state index contributed by atoms with van der Waals surface area (Å²) >= 11 is 5.86. The number of halogens is 1. The van der Waals surface area contributed by atoms with Crippen LogP contribution in [0.3, 0.4) is 0 Å². The number of likely N-dealkylation sites (tertiary alicyclic amines) is 1. The molecule has 5 heteroatoms.